The number of thiophene rings is 1. The van der Waals surface area contributed by atoms with Crippen molar-refractivity contribution in [1.29, 1.82) is 5.41 Å². The van der Waals surface area contributed by atoms with Crippen LogP contribution in [0.25, 0.3) is 10.4 Å². The van der Waals surface area contributed by atoms with Crippen LogP contribution >= 0.6 is 22.9 Å². The average Bonchev–Trinajstić information content (AvgIpc) is 3.36. The summed E-state index contributed by atoms with van der Waals surface area (Å²) in [5, 5.41) is 8.61. The summed E-state index contributed by atoms with van der Waals surface area (Å²) in [5.41, 5.74) is 0.842. The van der Waals surface area contributed by atoms with Gasteiger partial charge in [0.2, 0.25) is 5.78 Å². The molecule has 2 heterocycles. The summed E-state index contributed by atoms with van der Waals surface area (Å²) in [4.78, 5) is 38.7. The van der Waals surface area contributed by atoms with E-state index < -0.39 is 11.6 Å². The number of hydrogen-bond acceptors (Lipinski definition) is 7. The molecule has 6 nitrogen and oxygen atoms in total. The molecule has 8 heteroatoms. The van der Waals surface area contributed by atoms with Gasteiger partial charge in [0.15, 0.2) is 5.76 Å². The summed E-state index contributed by atoms with van der Waals surface area (Å²) in [5.74, 6) is -0.815. The molecule has 0 atom stereocenters. The van der Waals surface area contributed by atoms with Gasteiger partial charge in [-0.25, -0.2) is 0 Å². The Labute approximate surface area is 201 Å². The smallest absolute Gasteiger partial charge is 0.312 e. The van der Waals surface area contributed by atoms with E-state index in [0.29, 0.717) is 15.5 Å². The zero-order valence-electron chi connectivity index (χ0n) is 18.6. The summed E-state index contributed by atoms with van der Waals surface area (Å²) >= 11 is 7.28. The van der Waals surface area contributed by atoms with E-state index in [1.54, 1.807) is 51.1 Å². The van der Waals surface area contributed by atoms with Crippen LogP contribution in [-0.4, -0.2) is 28.8 Å². The number of benzene rings is 1. The summed E-state index contributed by atoms with van der Waals surface area (Å²) in [7, 11) is 0. The highest BCUT2D eigenvalue weighted by atomic mass is 35.5. The van der Waals surface area contributed by atoms with Gasteiger partial charge >= 0.3 is 5.97 Å². The van der Waals surface area contributed by atoms with Crippen LogP contribution < -0.4 is 0 Å². The van der Waals surface area contributed by atoms with E-state index in [2.05, 4.69) is 0 Å². The molecule has 0 saturated carbocycles. The highest BCUT2D eigenvalue weighted by molar-refractivity contribution is 7.17. The number of esters is 1. The van der Waals surface area contributed by atoms with Gasteiger partial charge in [0.25, 0.3) is 0 Å². The monoisotopic (exact) mass is 485 g/mol. The second-order valence-corrected chi connectivity index (χ2v) is 10.0. The molecule has 33 heavy (non-hydrogen) atoms. The van der Waals surface area contributed by atoms with Crippen LogP contribution in [0.3, 0.4) is 0 Å². The fourth-order valence-electron chi connectivity index (χ4n) is 3.17. The molecule has 0 aliphatic carbocycles. The minimum absolute atomic E-state index is 0.00981. The number of rotatable bonds is 9. The Hall–Kier alpha value is -3.03. The number of ether oxygens (including phenoxy) is 1. The highest BCUT2D eigenvalue weighted by Gasteiger charge is 2.22. The maximum atomic E-state index is 12.8. The summed E-state index contributed by atoms with van der Waals surface area (Å²) in [6.45, 7) is 5.24. The van der Waals surface area contributed by atoms with Gasteiger partial charge in [-0.05, 0) is 62.2 Å². The van der Waals surface area contributed by atoms with Crippen molar-refractivity contribution in [1.82, 2.24) is 0 Å². The first-order valence-electron chi connectivity index (χ1n) is 10.3. The molecule has 172 valence electrons. The Morgan fingerprint density at radius 1 is 1.09 bits per heavy atom. The molecule has 0 unspecified atom stereocenters. The van der Waals surface area contributed by atoms with Crippen LogP contribution in [-0.2, 0) is 20.7 Å². The number of hydrogen-bond donors (Lipinski definition) is 1. The topological polar surface area (TPSA) is 97.4 Å². The van der Waals surface area contributed by atoms with Crippen molar-refractivity contribution in [2.24, 2.45) is 0 Å². The van der Waals surface area contributed by atoms with Gasteiger partial charge in [-0.3, -0.25) is 14.4 Å². The maximum Gasteiger partial charge on any atom is 0.312 e. The van der Waals surface area contributed by atoms with Gasteiger partial charge in [0.05, 0.1) is 17.6 Å². The van der Waals surface area contributed by atoms with Crippen molar-refractivity contribution in [2.75, 3.05) is 0 Å². The Morgan fingerprint density at radius 3 is 2.39 bits per heavy atom. The van der Waals surface area contributed by atoms with E-state index in [9.17, 15) is 14.4 Å². The predicted molar refractivity (Wildman–Crippen MR) is 128 cm³/mol. The molecule has 0 saturated heterocycles. The van der Waals surface area contributed by atoms with Gasteiger partial charge < -0.3 is 14.6 Å². The quantitative estimate of drug-likeness (QED) is 0.223. The van der Waals surface area contributed by atoms with Crippen LogP contribution in [0.15, 0.2) is 53.1 Å². The standard InChI is InChI=1S/C25H24ClNO5S/c1-25(2,3)32-22(29)14-18(27)13-19(28)11-16-12-21(23(30)20-5-4-10-31-20)33-24(16)15-6-8-17(26)9-7-15/h4-10,12,27H,11,13-14H2,1-3H3. The van der Waals surface area contributed by atoms with Crippen molar-refractivity contribution in [3.8, 4) is 10.4 Å². The molecule has 0 spiro atoms. The first-order valence-corrected chi connectivity index (χ1v) is 11.5. The Bertz CT molecular complexity index is 1170. The van der Waals surface area contributed by atoms with E-state index in [0.717, 1.165) is 10.4 Å². The van der Waals surface area contributed by atoms with E-state index >= 15 is 0 Å². The molecule has 1 N–H and O–H groups in total. The van der Waals surface area contributed by atoms with E-state index in [4.69, 9.17) is 26.2 Å². The lowest BCUT2D eigenvalue weighted by atomic mass is 10.0. The number of Topliss-reactive ketones (excluding diaryl/α,β-unsaturated/α-hetero) is 1. The van der Waals surface area contributed by atoms with Crippen LogP contribution in [0.5, 0.6) is 0 Å². The summed E-state index contributed by atoms with van der Waals surface area (Å²) in [6.07, 6.45) is 1.05. The molecule has 3 rings (SSSR count). The molecule has 0 radical (unpaired) electrons. The molecule has 0 amide bonds. The highest BCUT2D eigenvalue weighted by Crippen LogP contribution is 2.35. The predicted octanol–water partition coefficient (Wildman–Crippen LogP) is 6.15. The largest absolute Gasteiger partial charge is 0.461 e. The molecule has 0 aliphatic rings. The van der Waals surface area contributed by atoms with Crippen LogP contribution in [0.4, 0.5) is 0 Å². The molecular weight excluding hydrogens is 462 g/mol. The van der Waals surface area contributed by atoms with Crippen LogP contribution in [0, 0.1) is 5.41 Å². The Balaban J connectivity index is 1.78. The van der Waals surface area contributed by atoms with Crippen molar-refractivity contribution in [3.63, 3.8) is 0 Å². The van der Waals surface area contributed by atoms with Crippen molar-refractivity contribution in [2.45, 2.75) is 45.6 Å². The lowest BCUT2D eigenvalue weighted by Gasteiger charge is -2.19. The third-order valence-electron chi connectivity index (χ3n) is 4.46. The summed E-state index contributed by atoms with van der Waals surface area (Å²) < 4.78 is 10.4. The van der Waals surface area contributed by atoms with E-state index in [1.165, 1.54) is 17.6 Å². The van der Waals surface area contributed by atoms with Gasteiger partial charge in [-0.1, -0.05) is 23.7 Å². The van der Waals surface area contributed by atoms with Gasteiger partial charge in [0.1, 0.15) is 11.4 Å². The SMILES string of the molecule is CC(C)(C)OC(=O)CC(=N)CC(=O)Cc1cc(C(=O)c2ccco2)sc1-c1ccc(Cl)cc1. The number of halogens is 1. The van der Waals surface area contributed by atoms with Crippen molar-refractivity contribution >= 4 is 46.2 Å². The summed E-state index contributed by atoms with van der Waals surface area (Å²) in [6, 6.07) is 12.1. The lowest BCUT2D eigenvalue weighted by molar-refractivity contribution is -0.153. The molecule has 3 aromatic rings. The second kappa shape index (κ2) is 10.3. The molecule has 0 aliphatic heterocycles. The molecular formula is C25H24ClNO5S. The normalized spacial score (nSPS) is 11.3. The Kier molecular flexibility index (Phi) is 7.66. The third-order valence-corrected chi connectivity index (χ3v) is 5.94. The average molecular weight is 486 g/mol. The minimum Gasteiger partial charge on any atom is -0.461 e. The number of carbonyl (C=O) groups is 3. The fraction of sp³-hybridized carbons (Fsp3) is 0.280. The zero-order valence-corrected chi connectivity index (χ0v) is 20.1. The van der Waals surface area contributed by atoms with Gasteiger partial charge in [-0.15, -0.1) is 11.3 Å². The maximum absolute atomic E-state index is 12.8. The van der Waals surface area contributed by atoms with E-state index in [1.807, 2.05) is 12.1 Å². The first kappa shape index (κ1) is 24.6. The van der Waals surface area contributed by atoms with E-state index in [-0.39, 0.29) is 42.3 Å². The van der Waals surface area contributed by atoms with Crippen LogP contribution in [0.2, 0.25) is 5.02 Å². The minimum atomic E-state index is -0.650. The van der Waals surface area contributed by atoms with Crippen molar-refractivity contribution in [3.05, 3.63) is 70.0 Å². The van der Waals surface area contributed by atoms with Gasteiger partial charge in [-0.2, -0.15) is 0 Å². The zero-order chi connectivity index (χ0) is 24.2. The van der Waals surface area contributed by atoms with Crippen molar-refractivity contribution < 1.29 is 23.5 Å². The molecule has 0 fully saturated rings. The number of ketones is 2. The number of nitrogens with one attached hydrogen (secondary N) is 1. The molecule has 0 bridgehead atoms. The Morgan fingerprint density at radius 2 is 1.79 bits per heavy atom. The fourth-order valence-corrected chi connectivity index (χ4v) is 4.43. The molecule has 1 aromatic carbocycles. The molecule has 2 aromatic heterocycles. The van der Waals surface area contributed by atoms with Gasteiger partial charge in [0, 0.05) is 28.5 Å². The first-order chi connectivity index (χ1) is 15.5. The second-order valence-electron chi connectivity index (χ2n) is 8.54. The van der Waals surface area contributed by atoms with Crippen LogP contribution in [0.1, 0.15) is 54.6 Å². The number of furan rings is 1. The lowest BCUT2D eigenvalue weighted by Crippen LogP contribution is -2.25. The number of carbonyl (C=O) groups excluding carboxylic acids is 3. The third kappa shape index (κ3) is 6.97.